The largest absolute Gasteiger partial charge is 0.508 e. The summed E-state index contributed by atoms with van der Waals surface area (Å²) in [5, 5.41) is 35.1. The monoisotopic (exact) mass is 850 g/mol. The van der Waals surface area contributed by atoms with Gasteiger partial charge in [-0.2, -0.15) is 0 Å². The van der Waals surface area contributed by atoms with Gasteiger partial charge >= 0.3 is 5.97 Å². The number of rotatable bonds is 25. The number of hydrogen-bond acceptors (Lipinski definition) is 11. The molecule has 6 atom stereocenters. The molecule has 15 N–H and O–H groups in total. The van der Waals surface area contributed by atoms with Gasteiger partial charge in [0.1, 0.15) is 36.0 Å². The fourth-order valence-corrected chi connectivity index (χ4v) is 6.33. The number of fused-ring (bicyclic) bond motifs is 1. The minimum Gasteiger partial charge on any atom is -0.508 e. The summed E-state index contributed by atoms with van der Waals surface area (Å²) in [4.78, 5) is 107. The standard InChI is InChI=1S/C41H58N10O10/c1-22(2)16-30(39(59)51-33(19-35(54)55)41(61)48-29(36(44)56)10-6-7-15-42)50-40(60)32(18-25-20-45-28-9-5-4-8-27(25)28)47-34(53)21-46-38(58)31(49-37(57)23(3)43)17-24-11-13-26(52)14-12-24/h4-5,8-9,11-14,20,22-23,29-33,45,52H,6-7,10,15-19,21,42-43H2,1-3H3,(H2,44,56)(H,46,58)(H,47,53)(H,48,61)(H,49,57)(H,50,60)(H,51,59)(H,54,55)/t23-,29-,30-,31-,32-,33-/m0/s1. The lowest BCUT2D eigenvalue weighted by atomic mass is 10.00. The maximum Gasteiger partial charge on any atom is 0.305 e. The number of hydrogen-bond donors (Lipinski definition) is 12. The van der Waals surface area contributed by atoms with E-state index in [1.807, 2.05) is 18.2 Å². The zero-order valence-corrected chi connectivity index (χ0v) is 34.5. The zero-order valence-electron chi connectivity index (χ0n) is 34.5. The molecule has 0 aliphatic carbocycles. The molecule has 2 aromatic carbocycles. The van der Waals surface area contributed by atoms with E-state index in [1.54, 1.807) is 38.2 Å². The molecule has 1 heterocycles. The molecule has 0 saturated heterocycles. The van der Waals surface area contributed by atoms with Gasteiger partial charge in [-0.05, 0) is 74.4 Å². The average Bonchev–Trinajstić information content (AvgIpc) is 3.61. The maximum absolute atomic E-state index is 14.1. The Morgan fingerprint density at radius 1 is 0.705 bits per heavy atom. The van der Waals surface area contributed by atoms with Gasteiger partial charge < -0.3 is 64.3 Å². The Morgan fingerprint density at radius 3 is 1.92 bits per heavy atom. The van der Waals surface area contributed by atoms with Crippen LogP contribution >= 0.6 is 0 Å². The van der Waals surface area contributed by atoms with Crippen LogP contribution in [0.2, 0.25) is 0 Å². The Hall–Kier alpha value is -6.54. The van der Waals surface area contributed by atoms with Crippen LogP contribution in [0, 0.1) is 5.92 Å². The van der Waals surface area contributed by atoms with Gasteiger partial charge in [0.15, 0.2) is 0 Å². The summed E-state index contributed by atoms with van der Waals surface area (Å²) in [6.07, 6.45) is 1.87. The van der Waals surface area contributed by atoms with E-state index in [0.29, 0.717) is 30.5 Å². The fourth-order valence-electron chi connectivity index (χ4n) is 6.33. The Balaban J connectivity index is 1.84. The predicted molar refractivity (Wildman–Crippen MR) is 224 cm³/mol. The molecule has 332 valence electrons. The highest BCUT2D eigenvalue weighted by Gasteiger charge is 2.33. The summed E-state index contributed by atoms with van der Waals surface area (Å²) in [6.45, 7) is 4.68. The Labute approximate surface area is 352 Å². The molecule has 0 aliphatic rings. The topological polar surface area (TPSA) is 343 Å². The number of H-pyrrole nitrogens is 1. The fraction of sp³-hybridized carbons (Fsp3) is 0.463. The van der Waals surface area contributed by atoms with Crippen LogP contribution in [0.4, 0.5) is 0 Å². The molecule has 20 heteroatoms. The summed E-state index contributed by atoms with van der Waals surface area (Å²) in [6, 6.07) is 5.60. The van der Waals surface area contributed by atoms with E-state index in [1.165, 1.54) is 19.1 Å². The van der Waals surface area contributed by atoms with Crippen molar-refractivity contribution in [2.45, 2.75) is 102 Å². The molecule has 0 bridgehead atoms. The van der Waals surface area contributed by atoms with Crippen LogP contribution in [0.5, 0.6) is 5.75 Å². The van der Waals surface area contributed by atoms with E-state index in [0.717, 1.165) is 10.9 Å². The second-order valence-corrected chi connectivity index (χ2v) is 15.2. The number of phenolic OH excluding ortho intramolecular Hbond substituents is 1. The smallest absolute Gasteiger partial charge is 0.305 e. The van der Waals surface area contributed by atoms with Crippen molar-refractivity contribution < 1.29 is 48.6 Å². The van der Waals surface area contributed by atoms with Crippen LogP contribution in [0.15, 0.2) is 54.7 Å². The van der Waals surface area contributed by atoms with Crippen molar-refractivity contribution in [2.24, 2.45) is 23.1 Å². The highest BCUT2D eigenvalue weighted by atomic mass is 16.4. The van der Waals surface area contributed by atoms with Crippen molar-refractivity contribution in [1.82, 2.24) is 36.9 Å². The van der Waals surface area contributed by atoms with E-state index in [4.69, 9.17) is 17.2 Å². The van der Waals surface area contributed by atoms with Gasteiger partial charge in [-0.25, -0.2) is 0 Å². The third kappa shape index (κ3) is 16.2. The quantitative estimate of drug-likeness (QED) is 0.0442. The second-order valence-electron chi connectivity index (χ2n) is 15.2. The van der Waals surface area contributed by atoms with Gasteiger partial charge in [0, 0.05) is 29.9 Å². The number of aromatic amines is 1. The lowest BCUT2D eigenvalue weighted by Crippen LogP contribution is -2.59. The SMILES string of the molecule is CC(C)C[C@H](NC(=O)[C@H](Cc1c[nH]c2ccccc12)NC(=O)CNC(=O)[C@H](Cc1ccc(O)cc1)NC(=O)[C@H](C)N)C(=O)N[C@@H](CC(=O)O)C(=O)N[C@@H](CCCCN)C(N)=O. The summed E-state index contributed by atoms with van der Waals surface area (Å²) in [5.41, 5.74) is 18.7. The van der Waals surface area contributed by atoms with E-state index >= 15 is 0 Å². The van der Waals surface area contributed by atoms with E-state index in [9.17, 15) is 48.6 Å². The van der Waals surface area contributed by atoms with Crippen LogP contribution < -0.4 is 49.1 Å². The first kappa shape index (κ1) is 48.8. The first-order valence-electron chi connectivity index (χ1n) is 20.0. The number of aromatic hydroxyl groups is 1. The molecule has 0 spiro atoms. The van der Waals surface area contributed by atoms with Gasteiger partial charge in [0.2, 0.25) is 41.4 Å². The molecule has 61 heavy (non-hydrogen) atoms. The summed E-state index contributed by atoms with van der Waals surface area (Å²) >= 11 is 0. The van der Waals surface area contributed by atoms with Crippen molar-refractivity contribution >= 4 is 58.2 Å². The van der Waals surface area contributed by atoms with Crippen LogP contribution in [-0.4, -0.2) is 112 Å². The highest BCUT2D eigenvalue weighted by molar-refractivity contribution is 5.97. The molecule has 1 aromatic heterocycles. The van der Waals surface area contributed by atoms with Crippen molar-refractivity contribution in [2.75, 3.05) is 13.1 Å². The number of carboxylic acid groups (broad SMARTS) is 1. The Morgan fingerprint density at radius 2 is 1.30 bits per heavy atom. The van der Waals surface area contributed by atoms with Crippen molar-refractivity contribution in [3.8, 4) is 5.75 Å². The van der Waals surface area contributed by atoms with Gasteiger partial charge in [0.05, 0.1) is 19.0 Å². The minimum atomic E-state index is -1.66. The van der Waals surface area contributed by atoms with Crippen molar-refractivity contribution in [3.63, 3.8) is 0 Å². The number of carbonyl (C=O) groups excluding carboxylic acids is 7. The van der Waals surface area contributed by atoms with E-state index in [2.05, 4.69) is 36.9 Å². The third-order valence-electron chi connectivity index (χ3n) is 9.56. The molecule has 3 rings (SSSR count). The number of phenols is 1. The summed E-state index contributed by atoms with van der Waals surface area (Å²) < 4.78 is 0. The maximum atomic E-state index is 14.1. The first-order valence-corrected chi connectivity index (χ1v) is 20.0. The molecule has 20 nitrogen and oxygen atoms in total. The molecular formula is C41H58N10O10. The number of nitrogens with two attached hydrogens (primary N) is 3. The normalized spacial score (nSPS) is 14.1. The number of carboxylic acids is 1. The number of benzene rings is 2. The number of para-hydroxylation sites is 1. The number of unbranched alkanes of at least 4 members (excludes halogenated alkanes) is 1. The van der Waals surface area contributed by atoms with Crippen molar-refractivity contribution in [1.29, 1.82) is 0 Å². The molecule has 7 amide bonds. The van der Waals surface area contributed by atoms with Crippen LogP contribution in [0.25, 0.3) is 10.9 Å². The highest BCUT2D eigenvalue weighted by Crippen LogP contribution is 2.20. The molecule has 0 radical (unpaired) electrons. The molecule has 0 aliphatic heterocycles. The number of nitrogens with one attached hydrogen (secondary N) is 7. The number of primary amides is 1. The minimum absolute atomic E-state index is 0.00161. The third-order valence-corrected chi connectivity index (χ3v) is 9.56. The summed E-state index contributed by atoms with van der Waals surface area (Å²) in [5.74, 6) is -7.35. The lowest BCUT2D eigenvalue weighted by molar-refractivity contribution is -0.141. The van der Waals surface area contributed by atoms with Gasteiger partial charge in [-0.15, -0.1) is 0 Å². The van der Waals surface area contributed by atoms with Crippen LogP contribution in [0.3, 0.4) is 0 Å². The van der Waals surface area contributed by atoms with Crippen LogP contribution in [0.1, 0.15) is 64.0 Å². The van der Waals surface area contributed by atoms with Gasteiger partial charge in [-0.3, -0.25) is 38.4 Å². The Kier molecular flexibility index (Phi) is 19.1. The first-order chi connectivity index (χ1) is 28.9. The number of aliphatic carboxylic acids is 1. The molecule has 3 aromatic rings. The van der Waals surface area contributed by atoms with Gasteiger partial charge in [0.25, 0.3) is 0 Å². The van der Waals surface area contributed by atoms with E-state index < -0.39 is 96.5 Å². The summed E-state index contributed by atoms with van der Waals surface area (Å²) in [7, 11) is 0. The molecular weight excluding hydrogens is 793 g/mol. The molecule has 0 unspecified atom stereocenters. The average molecular weight is 851 g/mol. The van der Waals surface area contributed by atoms with E-state index in [-0.39, 0.29) is 37.4 Å². The van der Waals surface area contributed by atoms with Crippen molar-refractivity contribution in [3.05, 3.63) is 65.9 Å². The number of carbonyl (C=O) groups is 8. The molecule has 0 fully saturated rings. The molecule has 0 saturated carbocycles. The Bertz CT molecular complexity index is 2000. The van der Waals surface area contributed by atoms with Gasteiger partial charge in [-0.1, -0.05) is 44.2 Å². The number of aromatic nitrogens is 1. The number of amides is 7. The predicted octanol–water partition coefficient (Wildman–Crippen LogP) is -1.32. The lowest BCUT2D eigenvalue weighted by Gasteiger charge is -2.26. The van der Waals surface area contributed by atoms with Crippen LogP contribution in [-0.2, 0) is 51.2 Å². The second kappa shape index (κ2) is 23.9. The zero-order chi connectivity index (χ0) is 45.2.